The molecular formula is C14H13N3O2. The molecule has 3 N–H and O–H groups in total. The Morgan fingerprint density at radius 1 is 1.26 bits per heavy atom. The molecule has 0 unspecified atom stereocenters. The molecule has 0 atom stereocenters. The highest BCUT2D eigenvalue weighted by atomic mass is 16.1. The lowest BCUT2D eigenvalue weighted by Crippen LogP contribution is -2.13. The lowest BCUT2D eigenvalue weighted by molar-refractivity contribution is -0.117. The van der Waals surface area contributed by atoms with Crippen LogP contribution in [0.1, 0.15) is 21.7 Å². The van der Waals surface area contributed by atoms with E-state index in [0.29, 0.717) is 5.82 Å². The minimum atomic E-state index is -0.365. The van der Waals surface area contributed by atoms with Gasteiger partial charge in [0.1, 0.15) is 0 Å². The van der Waals surface area contributed by atoms with Gasteiger partial charge in [0.2, 0.25) is 11.7 Å². The molecule has 2 rings (SSSR count). The summed E-state index contributed by atoms with van der Waals surface area (Å²) in [6.07, 6.45) is 6.48. The highest BCUT2D eigenvalue weighted by Crippen LogP contribution is 2.07. The Bertz CT molecular complexity index is 598. The van der Waals surface area contributed by atoms with E-state index in [4.69, 9.17) is 5.73 Å². The van der Waals surface area contributed by atoms with Gasteiger partial charge in [-0.15, -0.1) is 0 Å². The maximum Gasteiger partial charge on any atom is 0.221 e. The SMILES string of the molecule is NC(=O)Cc1ccc(/C=C/C(=O)c2ncc[nH]2)cc1. The van der Waals surface area contributed by atoms with Crippen LogP contribution < -0.4 is 5.73 Å². The number of nitrogens with zero attached hydrogens (tertiary/aromatic N) is 1. The zero-order valence-electron chi connectivity index (χ0n) is 10.2. The number of carbonyl (C=O) groups excluding carboxylic acids is 2. The predicted molar refractivity (Wildman–Crippen MR) is 71.3 cm³/mol. The van der Waals surface area contributed by atoms with Gasteiger partial charge < -0.3 is 10.7 Å². The molecule has 0 bridgehead atoms. The van der Waals surface area contributed by atoms with Crippen LogP contribution in [0.2, 0.25) is 0 Å². The van der Waals surface area contributed by atoms with Crippen molar-refractivity contribution in [1.82, 2.24) is 9.97 Å². The molecule has 1 amide bonds. The van der Waals surface area contributed by atoms with Gasteiger partial charge in [-0.25, -0.2) is 4.98 Å². The van der Waals surface area contributed by atoms with E-state index in [0.717, 1.165) is 11.1 Å². The van der Waals surface area contributed by atoms with Crippen molar-refractivity contribution in [2.75, 3.05) is 0 Å². The Morgan fingerprint density at radius 2 is 2.00 bits per heavy atom. The van der Waals surface area contributed by atoms with E-state index in [1.807, 2.05) is 24.3 Å². The molecule has 96 valence electrons. The Morgan fingerprint density at radius 3 is 2.58 bits per heavy atom. The first-order valence-electron chi connectivity index (χ1n) is 5.74. The van der Waals surface area contributed by atoms with Gasteiger partial charge >= 0.3 is 0 Å². The summed E-state index contributed by atoms with van der Waals surface area (Å²) >= 11 is 0. The van der Waals surface area contributed by atoms with E-state index in [1.165, 1.54) is 12.3 Å². The van der Waals surface area contributed by atoms with Crippen molar-refractivity contribution < 1.29 is 9.59 Å². The average Bonchev–Trinajstić information content (AvgIpc) is 2.91. The van der Waals surface area contributed by atoms with Gasteiger partial charge in [0, 0.05) is 12.4 Å². The molecule has 0 radical (unpaired) electrons. The maximum absolute atomic E-state index is 11.6. The third-order valence-corrected chi connectivity index (χ3v) is 2.52. The summed E-state index contributed by atoms with van der Waals surface area (Å²) in [5, 5.41) is 0. The molecule has 5 nitrogen and oxygen atoms in total. The number of amides is 1. The van der Waals surface area contributed by atoms with Gasteiger partial charge in [0.15, 0.2) is 5.82 Å². The second-order valence-corrected chi connectivity index (χ2v) is 4.02. The fourth-order valence-electron chi connectivity index (χ4n) is 1.60. The monoisotopic (exact) mass is 255 g/mol. The molecule has 5 heteroatoms. The Kier molecular flexibility index (Phi) is 3.87. The number of aromatic amines is 1. The lowest BCUT2D eigenvalue weighted by atomic mass is 10.1. The Labute approximate surface area is 110 Å². The first-order chi connectivity index (χ1) is 9.15. The van der Waals surface area contributed by atoms with E-state index >= 15 is 0 Å². The number of ketones is 1. The van der Waals surface area contributed by atoms with Crippen molar-refractivity contribution in [2.24, 2.45) is 5.73 Å². The highest BCUT2D eigenvalue weighted by molar-refractivity contribution is 6.04. The second kappa shape index (κ2) is 5.77. The first kappa shape index (κ1) is 12.8. The third-order valence-electron chi connectivity index (χ3n) is 2.52. The van der Waals surface area contributed by atoms with Crippen molar-refractivity contribution in [3.05, 3.63) is 59.7 Å². The summed E-state index contributed by atoms with van der Waals surface area (Å²) < 4.78 is 0. The molecule has 2 aromatic rings. The van der Waals surface area contributed by atoms with Crippen LogP contribution in [-0.2, 0) is 11.2 Å². The summed E-state index contributed by atoms with van der Waals surface area (Å²) in [6, 6.07) is 7.26. The van der Waals surface area contributed by atoms with Gasteiger partial charge in [0.25, 0.3) is 0 Å². The van der Waals surface area contributed by atoms with Crippen molar-refractivity contribution in [2.45, 2.75) is 6.42 Å². The zero-order valence-corrected chi connectivity index (χ0v) is 10.2. The van der Waals surface area contributed by atoms with Crippen LogP contribution >= 0.6 is 0 Å². The Balaban J connectivity index is 2.03. The average molecular weight is 255 g/mol. The first-order valence-corrected chi connectivity index (χ1v) is 5.74. The second-order valence-electron chi connectivity index (χ2n) is 4.02. The normalized spacial score (nSPS) is 10.7. The topological polar surface area (TPSA) is 88.8 Å². The number of carbonyl (C=O) groups is 2. The van der Waals surface area contributed by atoms with Gasteiger partial charge in [-0.2, -0.15) is 0 Å². The minimum absolute atomic E-state index is 0.189. The smallest absolute Gasteiger partial charge is 0.221 e. The van der Waals surface area contributed by atoms with Crippen LogP contribution in [0.15, 0.2) is 42.7 Å². The molecular weight excluding hydrogens is 242 g/mol. The number of nitrogens with two attached hydrogens (primary N) is 1. The van der Waals surface area contributed by atoms with Crippen molar-refractivity contribution in [3.63, 3.8) is 0 Å². The van der Waals surface area contributed by atoms with Crippen molar-refractivity contribution in [3.8, 4) is 0 Å². The van der Waals surface area contributed by atoms with E-state index in [2.05, 4.69) is 9.97 Å². The summed E-state index contributed by atoms with van der Waals surface area (Å²) in [5.74, 6) is -0.246. The molecule has 0 aliphatic rings. The number of benzene rings is 1. The molecule has 19 heavy (non-hydrogen) atoms. The van der Waals surface area contributed by atoms with Gasteiger partial charge in [-0.05, 0) is 17.2 Å². The zero-order chi connectivity index (χ0) is 13.7. The minimum Gasteiger partial charge on any atom is -0.369 e. The summed E-state index contributed by atoms with van der Waals surface area (Å²) in [6.45, 7) is 0. The fourth-order valence-corrected chi connectivity index (χ4v) is 1.60. The largest absolute Gasteiger partial charge is 0.369 e. The van der Waals surface area contributed by atoms with E-state index in [9.17, 15) is 9.59 Å². The molecule has 0 saturated heterocycles. The Hall–Kier alpha value is -2.69. The van der Waals surface area contributed by atoms with E-state index in [-0.39, 0.29) is 18.1 Å². The molecule has 0 aliphatic carbocycles. The van der Waals surface area contributed by atoms with Crippen LogP contribution in [0.25, 0.3) is 6.08 Å². The van der Waals surface area contributed by atoms with Gasteiger partial charge in [0.05, 0.1) is 6.42 Å². The quantitative estimate of drug-likeness (QED) is 0.624. The fraction of sp³-hybridized carbons (Fsp3) is 0.0714. The summed E-state index contributed by atoms with van der Waals surface area (Å²) in [7, 11) is 0. The van der Waals surface area contributed by atoms with Crippen molar-refractivity contribution >= 4 is 17.8 Å². The number of hydrogen-bond donors (Lipinski definition) is 2. The number of primary amides is 1. The molecule has 0 spiro atoms. The van der Waals surface area contributed by atoms with Crippen LogP contribution in [0.4, 0.5) is 0 Å². The summed E-state index contributed by atoms with van der Waals surface area (Å²) in [4.78, 5) is 29.0. The molecule has 1 heterocycles. The predicted octanol–water partition coefficient (Wildman–Crippen LogP) is 1.33. The standard InChI is InChI=1S/C14H13N3O2/c15-13(19)9-11-3-1-10(2-4-11)5-6-12(18)14-16-7-8-17-14/h1-8H,9H2,(H2,15,19)(H,16,17)/b6-5+. The third kappa shape index (κ3) is 3.64. The van der Waals surface area contributed by atoms with Crippen LogP contribution in [0.3, 0.4) is 0 Å². The van der Waals surface area contributed by atoms with E-state index in [1.54, 1.807) is 12.3 Å². The highest BCUT2D eigenvalue weighted by Gasteiger charge is 2.02. The van der Waals surface area contributed by atoms with Crippen LogP contribution in [0.5, 0.6) is 0 Å². The number of rotatable bonds is 5. The van der Waals surface area contributed by atoms with Gasteiger partial charge in [-0.1, -0.05) is 30.3 Å². The summed E-state index contributed by atoms with van der Waals surface area (Å²) in [5.41, 5.74) is 6.82. The van der Waals surface area contributed by atoms with Crippen molar-refractivity contribution in [1.29, 1.82) is 0 Å². The lowest BCUT2D eigenvalue weighted by Gasteiger charge is -1.98. The molecule has 0 aliphatic heterocycles. The molecule has 0 saturated carbocycles. The maximum atomic E-state index is 11.6. The van der Waals surface area contributed by atoms with Gasteiger partial charge in [-0.3, -0.25) is 9.59 Å². The molecule has 1 aromatic heterocycles. The number of allylic oxidation sites excluding steroid dienone is 1. The van der Waals surface area contributed by atoms with E-state index < -0.39 is 0 Å². The number of hydrogen-bond acceptors (Lipinski definition) is 3. The number of nitrogens with one attached hydrogen (secondary N) is 1. The number of imidazole rings is 1. The molecule has 1 aromatic carbocycles. The van der Waals surface area contributed by atoms with Crippen LogP contribution in [-0.4, -0.2) is 21.7 Å². The number of H-pyrrole nitrogens is 1. The number of aromatic nitrogens is 2. The van der Waals surface area contributed by atoms with Crippen LogP contribution in [0, 0.1) is 0 Å². The molecule has 0 fully saturated rings.